The molecule has 2 aliphatic heterocycles. The van der Waals surface area contributed by atoms with E-state index in [1.54, 1.807) is 35.8 Å². The molecule has 5 rings (SSSR count). The van der Waals surface area contributed by atoms with Crippen molar-refractivity contribution >= 4 is 29.4 Å². The highest BCUT2D eigenvalue weighted by Crippen LogP contribution is 2.47. The highest BCUT2D eigenvalue weighted by Gasteiger charge is 2.51. The maximum Gasteiger partial charge on any atom is 0.310 e. The molecule has 1 aliphatic carbocycles. The van der Waals surface area contributed by atoms with Crippen molar-refractivity contribution < 1.29 is 28.8 Å². The van der Waals surface area contributed by atoms with Crippen LogP contribution in [0.1, 0.15) is 74.5 Å². The molecular formula is C26H31ClN4O6. The molecule has 0 radical (unpaired) electrons. The van der Waals surface area contributed by atoms with Gasteiger partial charge in [0, 0.05) is 30.1 Å². The van der Waals surface area contributed by atoms with Crippen LogP contribution in [0.25, 0.3) is 0 Å². The first-order valence-corrected chi connectivity index (χ1v) is 13.1. The van der Waals surface area contributed by atoms with Crippen LogP contribution in [-0.2, 0) is 27.4 Å². The summed E-state index contributed by atoms with van der Waals surface area (Å²) in [5.41, 5.74) is 0.323. The molecule has 3 heterocycles. The van der Waals surface area contributed by atoms with E-state index in [1.807, 2.05) is 0 Å². The van der Waals surface area contributed by atoms with Gasteiger partial charge < -0.3 is 24.2 Å². The van der Waals surface area contributed by atoms with Gasteiger partial charge in [0.1, 0.15) is 11.9 Å². The van der Waals surface area contributed by atoms with Gasteiger partial charge in [-0.3, -0.25) is 14.4 Å². The first kappa shape index (κ1) is 25.5. The molecule has 11 heteroatoms. The summed E-state index contributed by atoms with van der Waals surface area (Å²) < 4.78 is 11.3. The fourth-order valence-electron chi connectivity index (χ4n) is 6.00. The van der Waals surface area contributed by atoms with Crippen LogP contribution in [-0.4, -0.2) is 55.9 Å². The van der Waals surface area contributed by atoms with Crippen LogP contribution in [0.15, 0.2) is 16.7 Å². The number of nitrogens with zero attached hydrogens (tertiary/aromatic N) is 4. The number of fused-ring (bicyclic) bond motifs is 1. The molecule has 3 aliphatic rings. The first-order valence-electron chi connectivity index (χ1n) is 12.8. The molecule has 1 saturated carbocycles. The van der Waals surface area contributed by atoms with Crippen molar-refractivity contribution in [3.63, 3.8) is 0 Å². The smallest absolute Gasteiger partial charge is 0.310 e. The average molecular weight is 531 g/mol. The van der Waals surface area contributed by atoms with Crippen molar-refractivity contribution in [1.82, 2.24) is 19.9 Å². The Hall–Kier alpha value is -3.14. The van der Waals surface area contributed by atoms with Gasteiger partial charge >= 0.3 is 5.97 Å². The summed E-state index contributed by atoms with van der Waals surface area (Å²) in [6, 6.07) is 3.48. The van der Waals surface area contributed by atoms with Gasteiger partial charge in [0.15, 0.2) is 12.4 Å². The number of carbonyl (C=O) groups is 3. The molecule has 1 aromatic heterocycles. The summed E-state index contributed by atoms with van der Waals surface area (Å²) in [7, 11) is 0. The molecule has 198 valence electrons. The lowest BCUT2D eigenvalue weighted by Gasteiger charge is -2.46. The number of aryl methyl sites for hydroxylation is 1. The van der Waals surface area contributed by atoms with Gasteiger partial charge in [0.05, 0.1) is 11.3 Å². The molecule has 2 fully saturated rings. The van der Waals surface area contributed by atoms with Crippen LogP contribution >= 0.6 is 11.6 Å². The summed E-state index contributed by atoms with van der Waals surface area (Å²) in [5, 5.41) is 14.4. The van der Waals surface area contributed by atoms with E-state index < -0.39 is 23.5 Å². The lowest BCUT2D eigenvalue weighted by Crippen LogP contribution is -2.54. The van der Waals surface area contributed by atoms with Gasteiger partial charge in [0.25, 0.3) is 5.89 Å². The van der Waals surface area contributed by atoms with E-state index in [9.17, 15) is 19.5 Å². The third kappa shape index (κ3) is 4.56. The van der Waals surface area contributed by atoms with E-state index in [1.165, 1.54) is 0 Å². The number of benzene rings is 1. The minimum Gasteiger partial charge on any atom is -0.483 e. The number of hydrogen-bond acceptors (Lipinski definition) is 7. The van der Waals surface area contributed by atoms with Crippen molar-refractivity contribution in [1.29, 1.82) is 0 Å². The van der Waals surface area contributed by atoms with Crippen LogP contribution < -0.4 is 4.74 Å². The van der Waals surface area contributed by atoms with Crippen molar-refractivity contribution in [3.8, 4) is 5.75 Å². The maximum absolute atomic E-state index is 14.2. The van der Waals surface area contributed by atoms with E-state index in [2.05, 4.69) is 10.1 Å². The minimum atomic E-state index is -1.15. The van der Waals surface area contributed by atoms with E-state index in [4.69, 9.17) is 20.9 Å². The number of aliphatic carboxylic acids is 1. The monoisotopic (exact) mass is 530 g/mol. The summed E-state index contributed by atoms with van der Waals surface area (Å²) >= 11 is 6.62. The second-order valence-corrected chi connectivity index (χ2v) is 10.7. The predicted octanol–water partition coefficient (Wildman–Crippen LogP) is 3.90. The third-order valence-corrected chi connectivity index (χ3v) is 8.37. The molecule has 37 heavy (non-hydrogen) atoms. The first-order chi connectivity index (χ1) is 17.7. The maximum atomic E-state index is 14.2. The Labute approximate surface area is 219 Å². The van der Waals surface area contributed by atoms with Gasteiger partial charge in [-0.2, -0.15) is 4.98 Å². The van der Waals surface area contributed by atoms with Gasteiger partial charge in [0.2, 0.25) is 11.8 Å². The fraction of sp³-hybridized carbons (Fsp3) is 0.577. The number of ether oxygens (including phenoxy) is 1. The van der Waals surface area contributed by atoms with Gasteiger partial charge in [-0.15, -0.1) is 0 Å². The molecule has 0 spiro atoms. The molecule has 10 nitrogen and oxygen atoms in total. The quantitative estimate of drug-likeness (QED) is 0.596. The Bertz CT molecular complexity index is 1230. The van der Waals surface area contributed by atoms with Gasteiger partial charge in [-0.05, 0) is 57.2 Å². The Morgan fingerprint density at radius 1 is 1.24 bits per heavy atom. The van der Waals surface area contributed by atoms with Crippen LogP contribution in [0.2, 0.25) is 5.02 Å². The predicted molar refractivity (Wildman–Crippen MR) is 132 cm³/mol. The van der Waals surface area contributed by atoms with Crippen LogP contribution in [0.4, 0.5) is 0 Å². The number of rotatable bonds is 6. The van der Waals surface area contributed by atoms with Crippen molar-refractivity contribution in [3.05, 3.63) is 40.0 Å². The number of likely N-dealkylation sites (tertiary alicyclic amines) is 1. The highest BCUT2D eigenvalue weighted by molar-refractivity contribution is 6.31. The third-order valence-electron chi connectivity index (χ3n) is 8.02. The summed E-state index contributed by atoms with van der Waals surface area (Å²) in [6.07, 6.45) is 3.31. The molecule has 2 amide bonds. The highest BCUT2D eigenvalue weighted by atomic mass is 35.5. The molecule has 1 aromatic carbocycles. The van der Waals surface area contributed by atoms with Crippen LogP contribution in [0, 0.1) is 18.3 Å². The van der Waals surface area contributed by atoms with Crippen LogP contribution in [0.3, 0.4) is 0 Å². The van der Waals surface area contributed by atoms with Crippen molar-refractivity contribution in [2.24, 2.45) is 11.3 Å². The topological polar surface area (TPSA) is 126 Å². The number of aromatic nitrogens is 2. The molecular weight excluding hydrogens is 500 g/mol. The van der Waals surface area contributed by atoms with Gasteiger partial charge in [-0.1, -0.05) is 29.6 Å². The molecule has 1 N–H and O–H groups in total. The van der Waals surface area contributed by atoms with Crippen molar-refractivity contribution in [2.75, 3.05) is 13.1 Å². The second kappa shape index (κ2) is 9.96. The second-order valence-electron chi connectivity index (χ2n) is 10.3. The largest absolute Gasteiger partial charge is 0.483 e. The Morgan fingerprint density at radius 2 is 2.05 bits per heavy atom. The number of carboxylic acids is 1. The number of carbonyl (C=O) groups excluding carboxylic acids is 2. The number of halogens is 1. The fourth-order valence-corrected chi connectivity index (χ4v) is 6.26. The normalized spacial score (nSPS) is 25.8. The number of carboxylic acid groups (broad SMARTS) is 1. The molecule has 0 bridgehead atoms. The average Bonchev–Trinajstić information content (AvgIpc) is 3.50. The standard InChI is InChI=1S/C26H31ClN4O6/c1-15-28-20(37-29-15)14-36-19-9-8-18(27)16-10-13-31(23(22(16)19)30-12-5-7-21(30)32)24(33)17-6-3-4-11-26(17,2)25(34)35/h8-9,17,23H,3-7,10-14H2,1-2H3,(H,34,35)/t17-,23?,26-/m0/s1. The van der Waals surface area contributed by atoms with E-state index >= 15 is 0 Å². The minimum absolute atomic E-state index is 0.0171. The number of hydrogen-bond donors (Lipinski definition) is 1. The Kier molecular flexibility index (Phi) is 6.87. The summed E-state index contributed by atoms with van der Waals surface area (Å²) in [5.74, 6) is -0.662. The van der Waals surface area contributed by atoms with Crippen LogP contribution in [0.5, 0.6) is 5.75 Å². The zero-order chi connectivity index (χ0) is 26.3. The summed E-state index contributed by atoms with van der Waals surface area (Å²) in [6.45, 7) is 4.22. The zero-order valence-electron chi connectivity index (χ0n) is 21.0. The Morgan fingerprint density at radius 3 is 2.73 bits per heavy atom. The van der Waals surface area contributed by atoms with E-state index in [-0.39, 0.29) is 18.4 Å². The Balaban J connectivity index is 1.56. The lowest BCUT2D eigenvalue weighted by molar-refractivity contribution is -0.165. The van der Waals surface area contributed by atoms with E-state index in [0.717, 1.165) is 18.4 Å². The zero-order valence-corrected chi connectivity index (χ0v) is 21.8. The van der Waals surface area contributed by atoms with Crippen molar-refractivity contribution in [2.45, 2.75) is 71.6 Å². The summed E-state index contributed by atoms with van der Waals surface area (Å²) in [4.78, 5) is 47.0. The lowest BCUT2D eigenvalue weighted by atomic mass is 9.66. The molecule has 1 unspecified atom stereocenters. The molecule has 2 aromatic rings. The van der Waals surface area contributed by atoms with E-state index in [0.29, 0.717) is 73.2 Å². The molecule has 1 saturated heterocycles. The number of amides is 2. The SMILES string of the molecule is Cc1noc(COc2ccc(Cl)c3c2C(N2CCCC2=O)N(C(=O)[C@@H]2CCCC[C@]2(C)C(=O)O)CC3)n1. The molecule has 3 atom stereocenters. The van der Waals surface area contributed by atoms with Gasteiger partial charge in [-0.25, -0.2) is 0 Å².